The molecule has 144 valence electrons. The number of hydrogen-bond acceptors (Lipinski definition) is 4. The Morgan fingerprint density at radius 2 is 1.63 bits per heavy atom. The van der Waals surface area contributed by atoms with E-state index in [4.69, 9.17) is 27.9 Å². The largest absolute Gasteiger partial charge is 0.426 e. The number of nitrogens with zero attached hydrogens (tertiary/aromatic N) is 1. The van der Waals surface area contributed by atoms with E-state index in [-0.39, 0.29) is 29.9 Å². The molecule has 1 aliphatic heterocycles. The van der Waals surface area contributed by atoms with Gasteiger partial charge in [-0.3, -0.25) is 4.79 Å². The van der Waals surface area contributed by atoms with Gasteiger partial charge in [0.15, 0.2) is 0 Å². The molecule has 1 fully saturated rings. The number of carbonyl (C=O) groups excluding carboxylic acids is 1. The third-order valence-electron chi connectivity index (χ3n) is 4.59. The lowest BCUT2D eigenvalue weighted by atomic mass is 9.98. The quantitative estimate of drug-likeness (QED) is 0.538. The fourth-order valence-electron chi connectivity index (χ4n) is 3.01. The smallest absolute Gasteiger partial charge is 0.314 e. The van der Waals surface area contributed by atoms with Gasteiger partial charge < -0.3 is 4.74 Å². The molecule has 0 bridgehead atoms. The number of ether oxygens (including phenoxy) is 1. The number of hydrogen-bond donors (Lipinski definition) is 0. The van der Waals surface area contributed by atoms with E-state index in [1.54, 1.807) is 30.3 Å². The normalized spacial score (nSPS) is 16.3. The van der Waals surface area contributed by atoms with Crippen molar-refractivity contribution in [2.24, 2.45) is 5.92 Å². The molecule has 2 aromatic rings. The van der Waals surface area contributed by atoms with Crippen LogP contribution in [0.5, 0.6) is 5.75 Å². The van der Waals surface area contributed by atoms with Crippen LogP contribution in [0.15, 0.2) is 47.4 Å². The molecule has 2 aromatic carbocycles. The topological polar surface area (TPSA) is 63.7 Å². The summed E-state index contributed by atoms with van der Waals surface area (Å²) in [6.07, 6.45) is 0.830. The van der Waals surface area contributed by atoms with E-state index in [1.165, 1.54) is 16.4 Å². The van der Waals surface area contributed by atoms with E-state index in [0.29, 0.717) is 28.6 Å². The van der Waals surface area contributed by atoms with Crippen molar-refractivity contribution in [3.05, 3.63) is 58.1 Å². The summed E-state index contributed by atoms with van der Waals surface area (Å²) in [5.74, 6) is -0.207. The highest BCUT2D eigenvalue weighted by Crippen LogP contribution is 2.27. The van der Waals surface area contributed by atoms with Gasteiger partial charge in [-0.05, 0) is 67.8 Å². The summed E-state index contributed by atoms with van der Waals surface area (Å²) in [7, 11) is -3.59. The number of rotatable bonds is 4. The molecule has 1 heterocycles. The molecule has 5 nitrogen and oxygen atoms in total. The van der Waals surface area contributed by atoms with E-state index in [2.05, 4.69) is 0 Å². The first-order chi connectivity index (χ1) is 12.8. The van der Waals surface area contributed by atoms with Gasteiger partial charge in [-0.15, -0.1) is 0 Å². The van der Waals surface area contributed by atoms with Crippen LogP contribution in [-0.4, -0.2) is 31.8 Å². The predicted molar refractivity (Wildman–Crippen MR) is 105 cm³/mol. The SMILES string of the molecule is Cc1cc(Cl)ccc1OC(=O)C1CCN(S(=O)(=O)c2ccc(Cl)cc2)CC1. The molecule has 0 spiro atoms. The van der Waals surface area contributed by atoms with Gasteiger partial charge in [0.2, 0.25) is 10.0 Å². The van der Waals surface area contributed by atoms with E-state index in [1.807, 2.05) is 6.92 Å². The highest BCUT2D eigenvalue weighted by molar-refractivity contribution is 7.89. The van der Waals surface area contributed by atoms with Crippen LogP contribution in [0.2, 0.25) is 10.0 Å². The van der Waals surface area contributed by atoms with Gasteiger partial charge >= 0.3 is 5.97 Å². The summed E-state index contributed by atoms with van der Waals surface area (Å²) in [4.78, 5) is 12.6. The number of esters is 1. The molecule has 1 aliphatic rings. The maximum Gasteiger partial charge on any atom is 0.314 e. The molecule has 27 heavy (non-hydrogen) atoms. The summed E-state index contributed by atoms with van der Waals surface area (Å²) < 4.78 is 32.3. The maximum absolute atomic E-state index is 12.7. The van der Waals surface area contributed by atoms with Gasteiger partial charge in [0, 0.05) is 23.1 Å². The lowest BCUT2D eigenvalue weighted by Crippen LogP contribution is -2.41. The van der Waals surface area contributed by atoms with Crippen LogP contribution in [0.4, 0.5) is 0 Å². The van der Waals surface area contributed by atoms with Gasteiger partial charge in [-0.1, -0.05) is 23.2 Å². The Labute approximate surface area is 168 Å². The molecule has 0 unspecified atom stereocenters. The molecular formula is C19H19Cl2NO4S. The molecule has 0 saturated carbocycles. The van der Waals surface area contributed by atoms with Crippen molar-refractivity contribution in [1.29, 1.82) is 0 Å². The Hall–Kier alpha value is -1.60. The van der Waals surface area contributed by atoms with Crippen molar-refractivity contribution in [2.45, 2.75) is 24.7 Å². The zero-order chi connectivity index (χ0) is 19.6. The maximum atomic E-state index is 12.7. The molecule has 0 aromatic heterocycles. The average molecular weight is 428 g/mol. The zero-order valence-electron chi connectivity index (χ0n) is 14.7. The minimum atomic E-state index is -3.59. The highest BCUT2D eigenvalue weighted by atomic mass is 35.5. The molecule has 0 radical (unpaired) electrons. The number of aryl methyl sites for hydroxylation is 1. The summed E-state index contributed by atoms with van der Waals surface area (Å²) in [5.41, 5.74) is 0.776. The molecule has 1 saturated heterocycles. The van der Waals surface area contributed by atoms with Gasteiger partial charge in [0.05, 0.1) is 10.8 Å². The third kappa shape index (κ3) is 4.63. The van der Waals surface area contributed by atoms with Crippen LogP contribution < -0.4 is 4.74 Å². The van der Waals surface area contributed by atoms with Crippen LogP contribution in [0.25, 0.3) is 0 Å². The molecule has 0 amide bonds. The van der Waals surface area contributed by atoms with Crippen molar-refractivity contribution in [3.63, 3.8) is 0 Å². The number of halogens is 2. The average Bonchev–Trinajstić information content (AvgIpc) is 2.64. The Kier molecular flexibility index (Phi) is 6.11. The van der Waals surface area contributed by atoms with Crippen LogP contribution >= 0.6 is 23.2 Å². The third-order valence-corrected chi connectivity index (χ3v) is 6.99. The summed E-state index contributed by atoms with van der Waals surface area (Å²) in [6, 6.07) is 11.1. The first kappa shape index (κ1) is 20.1. The van der Waals surface area contributed by atoms with E-state index in [9.17, 15) is 13.2 Å². The first-order valence-electron chi connectivity index (χ1n) is 8.51. The highest BCUT2D eigenvalue weighted by Gasteiger charge is 2.33. The number of sulfonamides is 1. The second kappa shape index (κ2) is 8.19. The monoisotopic (exact) mass is 427 g/mol. The number of piperidine rings is 1. The first-order valence-corrected chi connectivity index (χ1v) is 10.7. The molecule has 8 heteroatoms. The Balaban J connectivity index is 1.62. The minimum absolute atomic E-state index is 0.199. The Morgan fingerprint density at radius 1 is 1.04 bits per heavy atom. The van der Waals surface area contributed by atoms with E-state index < -0.39 is 10.0 Å². The lowest BCUT2D eigenvalue weighted by Gasteiger charge is -2.30. The molecule has 0 aliphatic carbocycles. The predicted octanol–water partition coefficient (Wildman–Crippen LogP) is 4.31. The van der Waals surface area contributed by atoms with Gasteiger partial charge in [0.25, 0.3) is 0 Å². The minimum Gasteiger partial charge on any atom is -0.426 e. The van der Waals surface area contributed by atoms with E-state index >= 15 is 0 Å². The summed E-state index contributed by atoms with van der Waals surface area (Å²) >= 11 is 11.7. The fourth-order valence-corrected chi connectivity index (χ4v) is 4.83. The summed E-state index contributed by atoms with van der Waals surface area (Å²) in [6.45, 7) is 2.35. The molecule has 3 rings (SSSR count). The van der Waals surface area contributed by atoms with Gasteiger partial charge in [0.1, 0.15) is 5.75 Å². The van der Waals surface area contributed by atoms with Gasteiger partial charge in [-0.2, -0.15) is 4.31 Å². The number of carbonyl (C=O) groups is 1. The van der Waals surface area contributed by atoms with Crippen LogP contribution in [0.3, 0.4) is 0 Å². The zero-order valence-corrected chi connectivity index (χ0v) is 17.0. The number of benzene rings is 2. The second-order valence-electron chi connectivity index (χ2n) is 6.46. The second-order valence-corrected chi connectivity index (χ2v) is 9.27. The van der Waals surface area contributed by atoms with Crippen molar-refractivity contribution in [2.75, 3.05) is 13.1 Å². The van der Waals surface area contributed by atoms with Gasteiger partial charge in [-0.25, -0.2) is 8.42 Å². The molecular weight excluding hydrogens is 409 g/mol. The van der Waals surface area contributed by atoms with Crippen molar-refractivity contribution < 1.29 is 17.9 Å². The van der Waals surface area contributed by atoms with Crippen LogP contribution in [-0.2, 0) is 14.8 Å². The fraction of sp³-hybridized carbons (Fsp3) is 0.316. The lowest BCUT2D eigenvalue weighted by molar-refractivity contribution is -0.140. The van der Waals surface area contributed by atoms with Crippen molar-refractivity contribution in [3.8, 4) is 5.75 Å². The van der Waals surface area contributed by atoms with Crippen molar-refractivity contribution >= 4 is 39.2 Å². The standard InChI is InChI=1S/C19H19Cl2NO4S/c1-13-12-16(21)4-7-18(13)26-19(23)14-8-10-22(11-9-14)27(24,25)17-5-2-15(20)3-6-17/h2-7,12,14H,8-11H2,1H3. The van der Waals surface area contributed by atoms with Crippen LogP contribution in [0.1, 0.15) is 18.4 Å². The molecule has 0 atom stereocenters. The van der Waals surface area contributed by atoms with Crippen molar-refractivity contribution in [1.82, 2.24) is 4.31 Å². The van der Waals surface area contributed by atoms with Crippen LogP contribution in [0, 0.1) is 12.8 Å². The summed E-state index contributed by atoms with van der Waals surface area (Å²) in [5, 5.41) is 1.06. The molecule has 0 N–H and O–H groups in total. The Bertz CT molecular complexity index is 937. The Morgan fingerprint density at radius 3 is 2.22 bits per heavy atom. The van der Waals surface area contributed by atoms with E-state index in [0.717, 1.165) is 5.56 Å².